The first-order valence-electron chi connectivity index (χ1n) is 8.23. The number of alkyl halides is 3. The quantitative estimate of drug-likeness (QED) is 0.427. The van der Waals surface area contributed by atoms with Gasteiger partial charge in [-0.15, -0.1) is 0 Å². The number of ketones is 1. The summed E-state index contributed by atoms with van der Waals surface area (Å²) in [5, 5.41) is 12.1. The van der Waals surface area contributed by atoms with E-state index >= 15 is 0 Å². The number of phenolic OH excluding ortho intramolecular Hbond substituents is 1. The first-order chi connectivity index (χ1) is 13.6. The summed E-state index contributed by atoms with van der Waals surface area (Å²) < 4.78 is 49.4. The van der Waals surface area contributed by atoms with Gasteiger partial charge in [0, 0.05) is 0 Å². The number of anilines is 1. The Hall–Kier alpha value is -3.49. The van der Waals surface area contributed by atoms with E-state index in [2.05, 4.69) is 5.32 Å². The molecule has 0 aliphatic heterocycles. The van der Waals surface area contributed by atoms with Crippen LogP contribution in [0.15, 0.2) is 42.0 Å². The van der Waals surface area contributed by atoms with Gasteiger partial charge in [0.1, 0.15) is 0 Å². The number of amides is 1. The number of benzene rings is 2. The molecule has 6 nitrogen and oxygen atoms in total. The molecule has 0 saturated heterocycles. The molecular formula is C20H18F3NO5. The van der Waals surface area contributed by atoms with Gasteiger partial charge in [0.25, 0.3) is 5.91 Å². The normalized spacial score (nSPS) is 11.7. The number of halogens is 3. The minimum absolute atomic E-state index is 0.0290. The maximum Gasteiger partial charge on any atom is 0.418 e. The zero-order valence-corrected chi connectivity index (χ0v) is 15.8. The fourth-order valence-corrected chi connectivity index (χ4v) is 2.52. The minimum Gasteiger partial charge on any atom is -0.502 e. The van der Waals surface area contributed by atoms with Crippen molar-refractivity contribution in [1.29, 1.82) is 0 Å². The SMILES string of the molecule is COc1cc(/C=C(\C(C)=O)C(=O)Nc2ccccc2C(F)(F)F)cc(OC)c1O. The largest absolute Gasteiger partial charge is 0.502 e. The predicted octanol–water partition coefficient (Wildman–Crippen LogP) is 4.04. The number of hydrogen-bond donors (Lipinski definition) is 2. The highest BCUT2D eigenvalue weighted by Crippen LogP contribution is 2.38. The van der Waals surface area contributed by atoms with E-state index in [4.69, 9.17) is 9.47 Å². The predicted molar refractivity (Wildman–Crippen MR) is 99.9 cm³/mol. The molecule has 154 valence electrons. The van der Waals surface area contributed by atoms with Gasteiger partial charge in [-0.2, -0.15) is 13.2 Å². The molecule has 0 unspecified atom stereocenters. The lowest BCUT2D eigenvalue weighted by Gasteiger charge is -2.14. The molecule has 0 radical (unpaired) electrons. The Morgan fingerprint density at radius 1 is 1.07 bits per heavy atom. The zero-order chi connectivity index (χ0) is 21.8. The number of para-hydroxylation sites is 1. The maximum absolute atomic E-state index is 13.1. The van der Waals surface area contributed by atoms with E-state index in [0.717, 1.165) is 19.1 Å². The van der Waals surface area contributed by atoms with Crippen LogP contribution >= 0.6 is 0 Å². The summed E-state index contributed by atoms with van der Waals surface area (Å²) in [6, 6.07) is 7.12. The standard InChI is InChI=1S/C20H18F3NO5/c1-11(25)13(8-12-9-16(28-2)18(26)17(10-12)29-3)19(27)24-15-7-5-4-6-14(15)20(21,22)23/h4-10,26H,1-3H3,(H,24,27)/b13-8+. The molecule has 2 aromatic rings. The van der Waals surface area contributed by atoms with Crippen molar-refractivity contribution in [2.45, 2.75) is 13.1 Å². The number of ether oxygens (including phenoxy) is 2. The van der Waals surface area contributed by atoms with Crippen LogP contribution in [0, 0.1) is 0 Å². The number of methoxy groups -OCH3 is 2. The van der Waals surface area contributed by atoms with Crippen molar-refractivity contribution in [3.63, 3.8) is 0 Å². The fourth-order valence-electron chi connectivity index (χ4n) is 2.52. The van der Waals surface area contributed by atoms with Gasteiger partial charge in [-0.05, 0) is 42.8 Å². The van der Waals surface area contributed by atoms with Crippen LogP contribution in [0.1, 0.15) is 18.1 Å². The van der Waals surface area contributed by atoms with E-state index in [-0.39, 0.29) is 22.8 Å². The molecule has 0 spiro atoms. The number of carbonyl (C=O) groups is 2. The third-order valence-electron chi connectivity index (χ3n) is 3.92. The summed E-state index contributed by atoms with van der Waals surface area (Å²) in [5.74, 6) is -1.90. The average molecular weight is 409 g/mol. The average Bonchev–Trinajstić information content (AvgIpc) is 2.66. The minimum atomic E-state index is -4.68. The lowest BCUT2D eigenvalue weighted by atomic mass is 10.1. The lowest BCUT2D eigenvalue weighted by molar-refractivity contribution is -0.137. The molecule has 0 saturated carbocycles. The highest BCUT2D eigenvalue weighted by molar-refractivity contribution is 6.25. The topological polar surface area (TPSA) is 84.9 Å². The molecule has 0 aromatic heterocycles. The van der Waals surface area contributed by atoms with Crippen molar-refractivity contribution in [2.75, 3.05) is 19.5 Å². The van der Waals surface area contributed by atoms with Gasteiger partial charge in [-0.25, -0.2) is 0 Å². The molecule has 0 bridgehead atoms. The van der Waals surface area contributed by atoms with Gasteiger partial charge in [-0.3, -0.25) is 9.59 Å². The molecule has 0 aliphatic rings. The third kappa shape index (κ3) is 5.07. The Morgan fingerprint density at radius 2 is 1.62 bits per heavy atom. The number of phenols is 1. The molecule has 2 aromatic carbocycles. The summed E-state index contributed by atoms with van der Waals surface area (Å²) in [5.41, 5.74) is -1.64. The van der Waals surface area contributed by atoms with Gasteiger partial charge in [0.2, 0.25) is 5.75 Å². The summed E-state index contributed by atoms with van der Waals surface area (Å²) in [6.45, 7) is 1.11. The van der Waals surface area contributed by atoms with Crippen LogP contribution in [-0.2, 0) is 15.8 Å². The van der Waals surface area contributed by atoms with Crippen LogP contribution in [0.3, 0.4) is 0 Å². The van der Waals surface area contributed by atoms with E-state index < -0.39 is 34.7 Å². The van der Waals surface area contributed by atoms with E-state index in [1.54, 1.807) is 0 Å². The Balaban J connectivity index is 2.46. The number of aromatic hydroxyl groups is 1. The number of carbonyl (C=O) groups excluding carboxylic acids is 2. The highest BCUT2D eigenvalue weighted by Gasteiger charge is 2.34. The molecule has 1 amide bonds. The van der Waals surface area contributed by atoms with Gasteiger partial charge in [0.05, 0.1) is 31.0 Å². The Morgan fingerprint density at radius 3 is 2.10 bits per heavy atom. The van der Waals surface area contributed by atoms with E-state index in [9.17, 15) is 27.9 Å². The van der Waals surface area contributed by atoms with Crippen molar-refractivity contribution in [3.8, 4) is 17.2 Å². The number of nitrogens with one attached hydrogen (secondary N) is 1. The molecule has 0 fully saturated rings. The second-order valence-corrected chi connectivity index (χ2v) is 5.89. The lowest BCUT2D eigenvalue weighted by Crippen LogP contribution is -2.21. The molecule has 29 heavy (non-hydrogen) atoms. The van der Waals surface area contributed by atoms with Crippen molar-refractivity contribution in [2.24, 2.45) is 0 Å². The fraction of sp³-hybridized carbons (Fsp3) is 0.200. The van der Waals surface area contributed by atoms with Crippen molar-refractivity contribution in [1.82, 2.24) is 0 Å². The maximum atomic E-state index is 13.1. The van der Waals surface area contributed by atoms with Crippen LogP contribution in [0.25, 0.3) is 6.08 Å². The van der Waals surface area contributed by atoms with Gasteiger partial charge in [-0.1, -0.05) is 12.1 Å². The van der Waals surface area contributed by atoms with E-state index in [1.807, 2.05) is 0 Å². The van der Waals surface area contributed by atoms with Gasteiger partial charge < -0.3 is 19.9 Å². The monoisotopic (exact) mass is 409 g/mol. The van der Waals surface area contributed by atoms with E-state index in [1.165, 1.54) is 44.6 Å². The molecule has 9 heteroatoms. The Bertz CT molecular complexity index is 942. The van der Waals surface area contributed by atoms with Crippen molar-refractivity contribution in [3.05, 3.63) is 53.1 Å². The van der Waals surface area contributed by atoms with E-state index in [0.29, 0.717) is 0 Å². The second-order valence-electron chi connectivity index (χ2n) is 5.89. The summed E-state index contributed by atoms with van der Waals surface area (Å²) in [7, 11) is 2.60. The molecule has 0 aliphatic carbocycles. The molecule has 2 rings (SSSR count). The summed E-state index contributed by atoms with van der Waals surface area (Å²) >= 11 is 0. The Kier molecular flexibility index (Phi) is 6.53. The molecule has 0 heterocycles. The molecular weight excluding hydrogens is 391 g/mol. The number of rotatable bonds is 6. The van der Waals surface area contributed by atoms with Crippen LogP contribution in [0.5, 0.6) is 17.2 Å². The van der Waals surface area contributed by atoms with Crippen LogP contribution in [0.4, 0.5) is 18.9 Å². The third-order valence-corrected chi connectivity index (χ3v) is 3.92. The van der Waals surface area contributed by atoms with Gasteiger partial charge >= 0.3 is 6.18 Å². The van der Waals surface area contributed by atoms with Crippen LogP contribution in [0.2, 0.25) is 0 Å². The highest BCUT2D eigenvalue weighted by atomic mass is 19.4. The van der Waals surface area contributed by atoms with Crippen molar-refractivity contribution >= 4 is 23.5 Å². The molecule has 0 atom stereocenters. The Labute approximate surface area is 164 Å². The van der Waals surface area contributed by atoms with Crippen LogP contribution in [-0.4, -0.2) is 31.0 Å². The zero-order valence-electron chi connectivity index (χ0n) is 15.8. The van der Waals surface area contributed by atoms with Crippen molar-refractivity contribution < 1.29 is 37.3 Å². The summed E-state index contributed by atoms with van der Waals surface area (Å²) in [4.78, 5) is 24.5. The molecule has 2 N–H and O–H groups in total. The number of hydrogen-bond acceptors (Lipinski definition) is 5. The first-order valence-corrected chi connectivity index (χ1v) is 8.23. The van der Waals surface area contributed by atoms with Crippen LogP contribution < -0.4 is 14.8 Å². The summed E-state index contributed by atoms with van der Waals surface area (Å²) in [6.07, 6.45) is -3.51. The smallest absolute Gasteiger partial charge is 0.418 e. The first kappa shape index (κ1) is 21.8. The van der Waals surface area contributed by atoms with Gasteiger partial charge in [0.15, 0.2) is 17.3 Å². The second kappa shape index (κ2) is 8.68. The number of Topliss-reactive ketones (excluding diaryl/α,β-unsaturated/α-hetero) is 1.